The number of nitriles is 1. The smallest absolute Gasteiger partial charge is 0.325 e. The first-order valence-corrected chi connectivity index (χ1v) is 6.89. The van der Waals surface area contributed by atoms with Gasteiger partial charge >= 0.3 is 5.97 Å². The summed E-state index contributed by atoms with van der Waals surface area (Å²) in [4.78, 5) is 11.3. The van der Waals surface area contributed by atoms with Gasteiger partial charge in [0.1, 0.15) is 6.04 Å². The molecule has 4 nitrogen and oxygen atoms in total. The van der Waals surface area contributed by atoms with E-state index >= 15 is 0 Å². The molecule has 0 saturated heterocycles. The lowest BCUT2D eigenvalue weighted by Gasteiger charge is -2.17. The molecule has 0 saturated carbocycles. The van der Waals surface area contributed by atoms with Crippen molar-refractivity contribution in [1.29, 1.82) is 5.26 Å². The third kappa shape index (κ3) is 5.41. The predicted octanol–water partition coefficient (Wildman–Crippen LogP) is 3.12. The van der Waals surface area contributed by atoms with Crippen molar-refractivity contribution in [2.24, 2.45) is 5.41 Å². The van der Waals surface area contributed by atoms with E-state index in [2.05, 4.69) is 11.4 Å². The maximum atomic E-state index is 11.3. The summed E-state index contributed by atoms with van der Waals surface area (Å²) in [5.74, 6) is -0.867. The summed E-state index contributed by atoms with van der Waals surface area (Å²) in [6.07, 6.45) is 2.60. The molecule has 0 radical (unpaired) electrons. The summed E-state index contributed by atoms with van der Waals surface area (Å²) < 4.78 is 0. The van der Waals surface area contributed by atoms with Gasteiger partial charge in [0.15, 0.2) is 0 Å². The Morgan fingerprint density at radius 1 is 1.35 bits per heavy atom. The van der Waals surface area contributed by atoms with E-state index in [1.54, 1.807) is 0 Å². The van der Waals surface area contributed by atoms with E-state index in [-0.39, 0.29) is 5.41 Å². The lowest BCUT2D eigenvalue weighted by molar-refractivity contribution is -0.139. The van der Waals surface area contributed by atoms with Gasteiger partial charge in [0.05, 0.1) is 11.5 Å². The number of carbonyl (C=O) groups is 1. The number of aliphatic carboxylic acids is 1. The van der Waals surface area contributed by atoms with Crippen LogP contribution in [0.15, 0.2) is 30.3 Å². The molecule has 1 rings (SSSR count). The summed E-state index contributed by atoms with van der Waals surface area (Å²) in [5, 5.41) is 21.2. The van der Waals surface area contributed by atoms with Gasteiger partial charge in [-0.15, -0.1) is 0 Å². The molecule has 0 aromatic heterocycles. The zero-order valence-electron chi connectivity index (χ0n) is 12.1. The fourth-order valence-electron chi connectivity index (χ4n) is 1.99. The minimum atomic E-state index is -0.867. The van der Waals surface area contributed by atoms with Crippen LogP contribution in [0.2, 0.25) is 0 Å². The highest BCUT2D eigenvalue weighted by Gasteiger charge is 2.19. The van der Waals surface area contributed by atoms with Crippen molar-refractivity contribution >= 4 is 5.97 Å². The second kappa shape index (κ2) is 7.66. The number of unbranched alkanes of at least 4 members (excludes halogenated alkanes) is 1. The van der Waals surface area contributed by atoms with Gasteiger partial charge in [-0.2, -0.15) is 5.26 Å². The topological polar surface area (TPSA) is 73.1 Å². The number of nitrogens with one attached hydrogen (secondary N) is 1. The monoisotopic (exact) mass is 274 g/mol. The third-order valence-corrected chi connectivity index (χ3v) is 3.26. The van der Waals surface area contributed by atoms with E-state index < -0.39 is 12.0 Å². The molecular formula is C16H22N2O2. The fraction of sp³-hybridized carbons (Fsp3) is 0.500. The largest absolute Gasteiger partial charge is 0.480 e. The van der Waals surface area contributed by atoms with Crippen molar-refractivity contribution in [3.8, 4) is 6.07 Å². The maximum Gasteiger partial charge on any atom is 0.325 e. The molecule has 2 N–H and O–H groups in total. The van der Waals surface area contributed by atoms with Gasteiger partial charge in [0.25, 0.3) is 0 Å². The van der Waals surface area contributed by atoms with Crippen LogP contribution in [0.1, 0.15) is 44.7 Å². The van der Waals surface area contributed by atoms with Crippen LogP contribution in [-0.4, -0.2) is 17.6 Å². The summed E-state index contributed by atoms with van der Waals surface area (Å²) in [6, 6.07) is 10.8. The van der Waals surface area contributed by atoms with Crippen molar-refractivity contribution in [3.63, 3.8) is 0 Å². The van der Waals surface area contributed by atoms with E-state index in [9.17, 15) is 9.90 Å². The standard InChI is InChI=1S/C16H22N2O2/c1-16(2,12-17)10-6-7-11-18-14(15(19)20)13-8-4-3-5-9-13/h3-5,8-9,14,18H,6-7,10-11H2,1-2H3,(H,19,20). The Labute approximate surface area is 120 Å². The molecule has 0 amide bonds. The molecule has 0 aliphatic rings. The average molecular weight is 274 g/mol. The molecule has 0 aliphatic heterocycles. The van der Waals surface area contributed by atoms with Crippen LogP contribution in [-0.2, 0) is 4.79 Å². The van der Waals surface area contributed by atoms with Crippen LogP contribution in [0.25, 0.3) is 0 Å². The quantitative estimate of drug-likeness (QED) is 0.714. The maximum absolute atomic E-state index is 11.3. The predicted molar refractivity (Wildman–Crippen MR) is 78.1 cm³/mol. The molecule has 1 atom stereocenters. The lowest BCUT2D eigenvalue weighted by Crippen LogP contribution is -2.29. The van der Waals surface area contributed by atoms with Gasteiger partial charge in [0, 0.05) is 0 Å². The molecule has 108 valence electrons. The number of carboxylic acid groups (broad SMARTS) is 1. The minimum absolute atomic E-state index is 0.300. The number of hydrogen-bond donors (Lipinski definition) is 2. The summed E-state index contributed by atoms with van der Waals surface area (Å²) in [6.45, 7) is 4.47. The highest BCUT2D eigenvalue weighted by atomic mass is 16.4. The first kappa shape index (κ1) is 16.2. The van der Waals surface area contributed by atoms with Crippen LogP contribution in [0, 0.1) is 16.7 Å². The van der Waals surface area contributed by atoms with Gasteiger partial charge in [-0.3, -0.25) is 4.79 Å². The molecule has 20 heavy (non-hydrogen) atoms. The van der Waals surface area contributed by atoms with E-state index in [0.29, 0.717) is 6.54 Å². The fourth-order valence-corrected chi connectivity index (χ4v) is 1.99. The highest BCUT2D eigenvalue weighted by Crippen LogP contribution is 2.21. The zero-order chi connectivity index (χ0) is 15.0. The lowest BCUT2D eigenvalue weighted by atomic mass is 9.89. The molecule has 1 unspecified atom stereocenters. The van der Waals surface area contributed by atoms with Gasteiger partial charge in [-0.1, -0.05) is 36.8 Å². The summed E-state index contributed by atoms with van der Waals surface area (Å²) in [5.41, 5.74) is 0.461. The Kier molecular flexibility index (Phi) is 6.20. The van der Waals surface area contributed by atoms with Crippen LogP contribution in [0.5, 0.6) is 0 Å². The van der Waals surface area contributed by atoms with Crippen molar-refractivity contribution in [3.05, 3.63) is 35.9 Å². The minimum Gasteiger partial charge on any atom is -0.480 e. The first-order valence-electron chi connectivity index (χ1n) is 6.89. The summed E-state index contributed by atoms with van der Waals surface area (Å²) >= 11 is 0. The average Bonchev–Trinajstić information content (AvgIpc) is 2.43. The molecule has 0 bridgehead atoms. The van der Waals surface area contributed by atoms with Crippen LogP contribution < -0.4 is 5.32 Å². The Hall–Kier alpha value is -1.86. The molecule has 0 heterocycles. The van der Waals surface area contributed by atoms with E-state index in [0.717, 1.165) is 24.8 Å². The Morgan fingerprint density at radius 2 is 2.00 bits per heavy atom. The summed E-state index contributed by atoms with van der Waals surface area (Å²) in [7, 11) is 0. The Bertz CT molecular complexity index is 463. The zero-order valence-corrected chi connectivity index (χ0v) is 12.1. The van der Waals surface area contributed by atoms with Crippen LogP contribution >= 0.6 is 0 Å². The molecule has 0 spiro atoms. The van der Waals surface area contributed by atoms with Crippen molar-refractivity contribution in [2.45, 2.75) is 39.2 Å². The van der Waals surface area contributed by atoms with Crippen molar-refractivity contribution < 1.29 is 9.90 Å². The molecular weight excluding hydrogens is 252 g/mol. The highest BCUT2D eigenvalue weighted by molar-refractivity contribution is 5.75. The third-order valence-electron chi connectivity index (χ3n) is 3.26. The normalized spacial score (nSPS) is 12.7. The van der Waals surface area contributed by atoms with Crippen LogP contribution in [0.4, 0.5) is 0 Å². The Balaban J connectivity index is 2.39. The number of carboxylic acids is 1. The van der Waals surface area contributed by atoms with Gasteiger partial charge in [-0.05, 0) is 38.8 Å². The molecule has 0 fully saturated rings. The second-order valence-corrected chi connectivity index (χ2v) is 5.59. The Morgan fingerprint density at radius 3 is 2.55 bits per heavy atom. The SMILES string of the molecule is CC(C)(C#N)CCCCNC(C(=O)O)c1ccccc1. The number of benzene rings is 1. The van der Waals surface area contributed by atoms with Crippen molar-refractivity contribution in [2.75, 3.05) is 6.54 Å². The van der Waals surface area contributed by atoms with E-state index in [1.165, 1.54) is 0 Å². The van der Waals surface area contributed by atoms with E-state index in [4.69, 9.17) is 5.26 Å². The molecule has 1 aromatic rings. The number of nitrogens with zero attached hydrogens (tertiary/aromatic N) is 1. The molecule has 1 aromatic carbocycles. The molecule has 4 heteroatoms. The van der Waals surface area contributed by atoms with Crippen molar-refractivity contribution in [1.82, 2.24) is 5.32 Å². The van der Waals surface area contributed by atoms with Crippen LogP contribution in [0.3, 0.4) is 0 Å². The second-order valence-electron chi connectivity index (χ2n) is 5.59. The molecule has 0 aliphatic carbocycles. The first-order chi connectivity index (χ1) is 9.46. The van der Waals surface area contributed by atoms with Gasteiger partial charge in [-0.25, -0.2) is 0 Å². The number of hydrogen-bond acceptors (Lipinski definition) is 3. The van der Waals surface area contributed by atoms with Gasteiger partial charge < -0.3 is 10.4 Å². The number of rotatable bonds is 8. The van der Waals surface area contributed by atoms with E-state index in [1.807, 2.05) is 44.2 Å². The van der Waals surface area contributed by atoms with Gasteiger partial charge in [0.2, 0.25) is 0 Å².